The summed E-state index contributed by atoms with van der Waals surface area (Å²) >= 11 is 5.29. The van der Waals surface area contributed by atoms with Crippen molar-refractivity contribution in [1.29, 1.82) is 0 Å². The van der Waals surface area contributed by atoms with Crippen molar-refractivity contribution in [2.45, 2.75) is 13.3 Å². The van der Waals surface area contributed by atoms with E-state index in [-0.39, 0.29) is 0 Å². The number of nitrogens with zero attached hydrogens (tertiary/aromatic N) is 3. The third kappa shape index (κ3) is 1.40. The highest BCUT2D eigenvalue weighted by molar-refractivity contribution is 7.80. The van der Waals surface area contributed by atoms with Crippen molar-refractivity contribution in [2.75, 3.05) is 5.32 Å². The summed E-state index contributed by atoms with van der Waals surface area (Å²) in [6.07, 6.45) is 0.754. The number of aryl methyl sites for hydroxylation is 1. The summed E-state index contributed by atoms with van der Waals surface area (Å²) in [5, 5.41) is 8.04. The minimum Gasteiger partial charge on any atom is -0.331 e. The molecule has 0 fully saturated rings. The van der Waals surface area contributed by atoms with Crippen molar-refractivity contribution in [3.05, 3.63) is 41.5 Å². The molecule has 1 aliphatic heterocycles. The molecule has 4 nitrogen and oxygen atoms in total. The summed E-state index contributed by atoms with van der Waals surface area (Å²) in [7, 11) is 0. The fourth-order valence-corrected chi connectivity index (χ4v) is 2.13. The molecular formula is C11H10N4S. The van der Waals surface area contributed by atoms with Crippen LogP contribution in [0.1, 0.15) is 17.2 Å². The van der Waals surface area contributed by atoms with Crippen LogP contribution < -0.4 is 5.32 Å². The Morgan fingerprint density at radius 2 is 2.19 bits per heavy atom. The van der Waals surface area contributed by atoms with Gasteiger partial charge in [-0.25, -0.2) is 4.98 Å². The molecule has 0 aliphatic carbocycles. The maximum atomic E-state index is 5.29. The Balaban J connectivity index is 2.17. The molecule has 0 bridgehead atoms. The number of rotatable bonds is 0. The summed E-state index contributed by atoms with van der Waals surface area (Å²) in [5.74, 6) is 1.64. The highest BCUT2D eigenvalue weighted by Crippen LogP contribution is 2.21. The molecule has 0 atom stereocenters. The molecule has 3 rings (SSSR count). The Morgan fingerprint density at radius 3 is 3.06 bits per heavy atom. The van der Waals surface area contributed by atoms with Crippen molar-refractivity contribution in [1.82, 2.24) is 14.8 Å². The van der Waals surface area contributed by atoms with Crippen molar-refractivity contribution in [2.24, 2.45) is 0 Å². The lowest BCUT2D eigenvalue weighted by molar-refractivity contribution is 0.870. The topological polar surface area (TPSA) is 42.7 Å². The van der Waals surface area contributed by atoms with Crippen LogP contribution in [0.25, 0.3) is 0 Å². The number of hydrogen-bond acceptors (Lipinski definition) is 3. The first-order valence-corrected chi connectivity index (χ1v) is 5.46. The zero-order valence-corrected chi connectivity index (χ0v) is 9.58. The normalized spacial score (nSPS) is 13.7. The molecular weight excluding hydrogens is 220 g/mol. The number of thiocarbonyl (C=S) groups is 1. The zero-order chi connectivity index (χ0) is 11.1. The molecule has 1 aliphatic rings. The highest BCUT2D eigenvalue weighted by atomic mass is 32.1. The molecule has 2 heterocycles. The molecule has 5 heteroatoms. The lowest BCUT2D eigenvalue weighted by atomic mass is 10.1. The van der Waals surface area contributed by atoms with Gasteiger partial charge >= 0.3 is 0 Å². The van der Waals surface area contributed by atoms with Crippen LogP contribution in [0.15, 0.2) is 24.3 Å². The number of fused-ring (bicyclic) bond motifs is 2. The van der Waals surface area contributed by atoms with E-state index >= 15 is 0 Å². The van der Waals surface area contributed by atoms with Gasteiger partial charge in [0.1, 0.15) is 11.6 Å². The summed E-state index contributed by atoms with van der Waals surface area (Å²) < 4.78 is 1.70. The minimum atomic E-state index is 0.584. The molecule has 1 N–H and O–H groups in total. The van der Waals surface area contributed by atoms with Crippen molar-refractivity contribution in [3.8, 4) is 0 Å². The monoisotopic (exact) mass is 230 g/mol. The van der Waals surface area contributed by atoms with E-state index in [0.717, 1.165) is 23.8 Å². The van der Waals surface area contributed by atoms with E-state index in [2.05, 4.69) is 21.5 Å². The second kappa shape index (κ2) is 3.38. The molecule has 0 radical (unpaired) electrons. The van der Waals surface area contributed by atoms with Gasteiger partial charge in [0.15, 0.2) is 5.11 Å². The van der Waals surface area contributed by atoms with Crippen LogP contribution in [0.5, 0.6) is 0 Å². The molecule has 0 saturated carbocycles. The van der Waals surface area contributed by atoms with Gasteiger partial charge in [-0.1, -0.05) is 18.2 Å². The van der Waals surface area contributed by atoms with Gasteiger partial charge in [0.05, 0.1) is 0 Å². The SMILES string of the molecule is Cc1nc2n(n1)C(=S)Nc1ccccc1C2. The minimum absolute atomic E-state index is 0.584. The van der Waals surface area contributed by atoms with Crippen LogP contribution >= 0.6 is 12.2 Å². The Hall–Kier alpha value is -1.75. The highest BCUT2D eigenvalue weighted by Gasteiger charge is 2.18. The van der Waals surface area contributed by atoms with Gasteiger partial charge in [0.2, 0.25) is 0 Å². The summed E-state index contributed by atoms with van der Waals surface area (Å²) in [6.45, 7) is 1.87. The lowest BCUT2D eigenvalue weighted by Gasteiger charge is -2.06. The van der Waals surface area contributed by atoms with E-state index in [1.165, 1.54) is 5.56 Å². The maximum Gasteiger partial charge on any atom is 0.200 e. The quantitative estimate of drug-likeness (QED) is 0.700. The Morgan fingerprint density at radius 1 is 1.38 bits per heavy atom. The third-order valence-electron chi connectivity index (χ3n) is 2.58. The molecule has 0 amide bonds. The number of benzene rings is 1. The standard InChI is InChI=1S/C11H10N4S/c1-7-12-10-6-8-4-2-3-5-9(8)13-11(16)15(10)14-7/h2-5H,6H2,1H3,(H,13,16). The second-order valence-electron chi connectivity index (χ2n) is 3.75. The average molecular weight is 230 g/mol. The van der Waals surface area contributed by atoms with Crippen LogP contribution in [0.4, 0.5) is 5.69 Å². The summed E-state index contributed by atoms with van der Waals surface area (Å²) in [6, 6.07) is 8.09. The molecule has 2 aromatic rings. The molecule has 0 unspecified atom stereocenters. The largest absolute Gasteiger partial charge is 0.331 e. The predicted octanol–water partition coefficient (Wildman–Crippen LogP) is 1.74. The fraction of sp³-hybridized carbons (Fsp3) is 0.182. The fourth-order valence-electron chi connectivity index (χ4n) is 1.87. The summed E-state index contributed by atoms with van der Waals surface area (Å²) in [4.78, 5) is 4.38. The number of aromatic nitrogens is 3. The predicted molar refractivity (Wildman–Crippen MR) is 65.6 cm³/mol. The molecule has 16 heavy (non-hydrogen) atoms. The van der Waals surface area contributed by atoms with E-state index in [1.807, 2.05) is 25.1 Å². The maximum absolute atomic E-state index is 5.29. The summed E-state index contributed by atoms with van der Waals surface area (Å²) in [5.41, 5.74) is 2.23. The van der Waals surface area contributed by atoms with E-state index in [1.54, 1.807) is 4.68 Å². The van der Waals surface area contributed by atoms with Crippen molar-refractivity contribution >= 4 is 23.0 Å². The van der Waals surface area contributed by atoms with Gasteiger partial charge in [-0.15, -0.1) is 5.10 Å². The van der Waals surface area contributed by atoms with Crippen LogP contribution in [0.2, 0.25) is 0 Å². The first-order valence-electron chi connectivity index (χ1n) is 5.06. The van der Waals surface area contributed by atoms with Crippen molar-refractivity contribution < 1.29 is 0 Å². The molecule has 0 spiro atoms. The van der Waals surface area contributed by atoms with E-state index in [0.29, 0.717) is 5.11 Å². The number of para-hydroxylation sites is 1. The number of nitrogens with one attached hydrogen (secondary N) is 1. The molecule has 80 valence electrons. The van der Waals surface area contributed by atoms with Crippen LogP contribution in [-0.2, 0) is 6.42 Å². The van der Waals surface area contributed by atoms with E-state index in [4.69, 9.17) is 12.2 Å². The van der Waals surface area contributed by atoms with E-state index < -0.39 is 0 Å². The van der Waals surface area contributed by atoms with Gasteiger partial charge in [0.25, 0.3) is 0 Å². The number of anilines is 1. The van der Waals surface area contributed by atoms with Crippen LogP contribution in [0, 0.1) is 6.92 Å². The van der Waals surface area contributed by atoms with Gasteiger partial charge in [-0.2, -0.15) is 4.68 Å². The molecule has 1 aromatic carbocycles. The zero-order valence-electron chi connectivity index (χ0n) is 8.77. The van der Waals surface area contributed by atoms with E-state index in [9.17, 15) is 0 Å². The smallest absolute Gasteiger partial charge is 0.200 e. The lowest BCUT2D eigenvalue weighted by Crippen LogP contribution is -2.20. The van der Waals surface area contributed by atoms with Crippen molar-refractivity contribution in [3.63, 3.8) is 0 Å². The van der Waals surface area contributed by atoms with Gasteiger partial charge < -0.3 is 5.32 Å². The second-order valence-corrected chi connectivity index (χ2v) is 4.14. The first kappa shape index (κ1) is 9.47. The Bertz CT molecular complexity index is 573. The first-order chi connectivity index (χ1) is 7.74. The van der Waals surface area contributed by atoms with Crippen LogP contribution in [0.3, 0.4) is 0 Å². The third-order valence-corrected chi connectivity index (χ3v) is 2.85. The molecule has 0 saturated heterocycles. The Labute approximate surface area is 98.3 Å². The Kier molecular flexibility index (Phi) is 2.00. The molecule has 1 aromatic heterocycles. The van der Waals surface area contributed by atoms with Gasteiger partial charge in [-0.3, -0.25) is 0 Å². The van der Waals surface area contributed by atoms with Gasteiger partial charge in [-0.05, 0) is 30.8 Å². The average Bonchev–Trinajstić information content (AvgIpc) is 2.57. The number of hydrogen-bond donors (Lipinski definition) is 1. The van der Waals surface area contributed by atoms with Gasteiger partial charge in [0, 0.05) is 12.1 Å². The van der Waals surface area contributed by atoms with Crippen LogP contribution in [-0.4, -0.2) is 19.9 Å².